The summed E-state index contributed by atoms with van der Waals surface area (Å²) >= 11 is 0. The lowest BCUT2D eigenvalue weighted by molar-refractivity contribution is -0.144. The molecular formula is C21H18F3N3O4. The number of aliphatic carboxylic acids is 1. The molecule has 0 saturated heterocycles. The minimum absolute atomic E-state index is 0.00203. The highest BCUT2D eigenvalue weighted by atomic mass is 19.4. The second-order valence-electron chi connectivity index (χ2n) is 6.79. The summed E-state index contributed by atoms with van der Waals surface area (Å²) in [4.78, 5) is 23.8. The molecule has 10 heteroatoms. The van der Waals surface area contributed by atoms with E-state index in [1.807, 2.05) is 19.1 Å². The SMILES string of the molecule is Cc1ccc(-c2nnc(CCC(=O)N[C@@H](C(=O)O)c3ccccc3C(F)(F)F)o2)cc1. The van der Waals surface area contributed by atoms with Crippen LogP contribution in [0.2, 0.25) is 0 Å². The summed E-state index contributed by atoms with van der Waals surface area (Å²) in [6.07, 6.45) is -5.00. The third-order valence-corrected chi connectivity index (χ3v) is 4.46. The second kappa shape index (κ2) is 8.99. The molecule has 3 aromatic rings. The number of carbonyl (C=O) groups excluding carboxylic acids is 1. The van der Waals surface area contributed by atoms with Gasteiger partial charge in [-0.05, 0) is 30.7 Å². The van der Waals surface area contributed by atoms with E-state index in [1.54, 1.807) is 12.1 Å². The first-order valence-electron chi connectivity index (χ1n) is 9.23. The van der Waals surface area contributed by atoms with Gasteiger partial charge in [0.2, 0.25) is 17.7 Å². The Kier molecular flexibility index (Phi) is 6.38. The average Bonchev–Trinajstić information content (AvgIpc) is 3.19. The molecule has 3 rings (SSSR count). The standard InChI is InChI=1S/C21H18F3N3O4/c1-12-6-8-13(9-7-12)19-27-26-17(31-19)11-10-16(28)25-18(20(29)30)14-4-2-3-5-15(14)21(22,23)24/h2-9,18H,10-11H2,1H3,(H,25,28)(H,29,30)/t18-/m1/s1. The fourth-order valence-electron chi connectivity index (χ4n) is 2.90. The van der Waals surface area contributed by atoms with Gasteiger partial charge >= 0.3 is 12.1 Å². The summed E-state index contributed by atoms with van der Waals surface area (Å²) in [5, 5.41) is 19.3. The van der Waals surface area contributed by atoms with Gasteiger partial charge in [-0.25, -0.2) is 4.79 Å². The first-order valence-corrected chi connectivity index (χ1v) is 9.23. The van der Waals surface area contributed by atoms with Crippen molar-refractivity contribution >= 4 is 11.9 Å². The Morgan fingerprint density at radius 1 is 1.10 bits per heavy atom. The van der Waals surface area contributed by atoms with Crippen LogP contribution in [-0.2, 0) is 22.2 Å². The molecule has 2 N–H and O–H groups in total. The minimum Gasteiger partial charge on any atom is -0.479 e. The molecule has 2 aromatic carbocycles. The quantitative estimate of drug-likeness (QED) is 0.585. The number of aromatic nitrogens is 2. The van der Waals surface area contributed by atoms with Crippen LogP contribution in [0.15, 0.2) is 52.9 Å². The van der Waals surface area contributed by atoms with Gasteiger partial charge in [0.15, 0.2) is 6.04 Å². The number of halogens is 3. The van der Waals surface area contributed by atoms with E-state index in [9.17, 15) is 27.9 Å². The number of alkyl halides is 3. The van der Waals surface area contributed by atoms with Crippen LogP contribution in [-0.4, -0.2) is 27.2 Å². The number of amides is 1. The molecule has 0 aliphatic carbocycles. The van der Waals surface area contributed by atoms with Gasteiger partial charge in [0.05, 0.1) is 5.56 Å². The molecule has 0 aliphatic heterocycles. The van der Waals surface area contributed by atoms with Crippen molar-refractivity contribution in [2.75, 3.05) is 0 Å². The van der Waals surface area contributed by atoms with Crippen molar-refractivity contribution in [2.24, 2.45) is 0 Å². The van der Waals surface area contributed by atoms with Crippen LogP contribution < -0.4 is 5.32 Å². The lowest BCUT2D eigenvalue weighted by Crippen LogP contribution is -2.35. The van der Waals surface area contributed by atoms with E-state index in [-0.39, 0.29) is 24.6 Å². The predicted molar refractivity (Wildman–Crippen MR) is 103 cm³/mol. The molecule has 1 heterocycles. The highest BCUT2D eigenvalue weighted by Gasteiger charge is 2.37. The summed E-state index contributed by atoms with van der Waals surface area (Å²) in [7, 11) is 0. The van der Waals surface area contributed by atoms with Crippen molar-refractivity contribution in [3.63, 3.8) is 0 Å². The van der Waals surface area contributed by atoms with Gasteiger partial charge in [0.1, 0.15) is 0 Å². The molecule has 0 fully saturated rings. The van der Waals surface area contributed by atoms with Crippen molar-refractivity contribution in [1.29, 1.82) is 0 Å². The molecule has 0 aliphatic rings. The van der Waals surface area contributed by atoms with Gasteiger partial charge in [0.25, 0.3) is 0 Å². The maximum Gasteiger partial charge on any atom is 0.416 e. The van der Waals surface area contributed by atoms with E-state index in [2.05, 4.69) is 15.5 Å². The Morgan fingerprint density at radius 3 is 2.42 bits per heavy atom. The molecule has 1 atom stereocenters. The molecule has 31 heavy (non-hydrogen) atoms. The molecule has 0 bridgehead atoms. The molecule has 162 valence electrons. The molecule has 1 aromatic heterocycles. The number of nitrogens with one attached hydrogen (secondary N) is 1. The van der Waals surface area contributed by atoms with E-state index < -0.39 is 35.2 Å². The van der Waals surface area contributed by atoms with Gasteiger partial charge in [0, 0.05) is 18.4 Å². The zero-order chi connectivity index (χ0) is 22.6. The van der Waals surface area contributed by atoms with Crippen molar-refractivity contribution in [3.8, 4) is 11.5 Å². The highest BCUT2D eigenvalue weighted by molar-refractivity contribution is 5.85. The lowest BCUT2D eigenvalue weighted by atomic mass is 9.99. The van der Waals surface area contributed by atoms with Crippen molar-refractivity contribution in [2.45, 2.75) is 32.0 Å². The minimum atomic E-state index is -4.76. The number of carboxylic acid groups (broad SMARTS) is 1. The molecule has 7 nitrogen and oxygen atoms in total. The number of nitrogens with zero attached hydrogens (tertiary/aromatic N) is 2. The number of hydrogen-bond acceptors (Lipinski definition) is 5. The fraction of sp³-hybridized carbons (Fsp3) is 0.238. The van der Waals surface area contributed by atoms with Crippen LogP contribution in [0.3, 0.4) is 0 Å². The largest absolute Gasteiger partial charge is 0.479 e. The lowest BCUT2D eigenvalue weighted by Gasteiger charge is -2.19. The third kappa shape index (κ3) is 5.47. The number of carboxylic acids is 1. The molecule has 0 unspecified atom stereocenters. The van der Waals surface area contributed by atoms with E-state index in [1.165, 1.54) is 6.07 Å². The van der Waals surface area contributed by atoms with Gasteiger partial charge in [-0.1, -0.05) is 35.9 Å². The fourth-order valence-corrected chi connectivity index (χ4v) is 2.90. The normalized spacial score (nSPS) is 12.4. The van der Waals surface area contributed by atoms with Gasteiger partial charge in [-0.3, -0.25) is 4.79 Å². The summed E-state index contributed by atoms with van der Waals surface area (Å²) in [5.74, 6) is -1.96. The van der Waals surface area contributed by atoms with Gasteiger partial charge in [-0.15, -0.1) is 10.2 Å². The summed E-state index contributed by atoms with van der Waals surface area (Å²) < 4.78 is 45.1. The van der Waals surface area contributed by atoms with Crippen LogP contribution in [0.4, 0.5) is 13.2 Å². The number of hydrogen-bond donors (Lipinski definition) is 2. The highest BCUT2D eigenvalue weighted by Crippen LogP contribution is 2.34. The third-order valence-electron chi connectivity index (χ3n) is 4.46. The van der Waals surface area contributed by atoms with Crippen LogP contribution >= 0.6 is 0 Å². The van der Waals surface area contributed by atoms with Gasteiger partial charge < -0.3 is 14.8 Å². The number of carbonyl (C=O) groups is 2. The topological polar surface area (TPSA) is 105 Å². The first-order chi connectivity index (χ1) is 14.6. The maximum atomic E-state index is 13.2. The first kappa shape index (κ1) is 22.0. The van der Waals surface area contributed by atoms with Crippen molar-refractivity contribution in [1.82, 2.24) is 15.5 Å². The van der Waals surface area contributed by atoms with Crippen LogP contribution in [0.1, 0.15) is 35.0 Å². The zero-order valence-electron chi connectivity index (χ0n) is 16.3. The molecule has 0 saturated carbocycles. The number of benzene rings is 2. The number of aryl methyl sites for hydroxylation is 2. The van der Waals surface area contributed by atoms with Crippen molar-refractivity contribution in [3.05, 3.63) is 71.1 Å². The van der Waals surface area contributed by atoms with E-state index in [4.69, 9.17) is 4.42 Å². The Hall–Kier alpha value is -3.69. The summed E-state index contributed by atoms with van der Waals surface area (Å²) in [5.41, 5.74) is 0.0846. The monoisotopic (exact) mass is 433 g/mol. The number of rotatable bonds is 7. The Labute approximate surface area is 174 Å². The Morgan fingerprint density at radius 2 is 1.77 bits per heavy atom. The summed E-state index contributed by atoms with van der Waals surface area (Å²) in [6, 6.07) is 9.71. The van der Waals surface area contributed by atoms with E-state index >= 15 is 0 Å². The average molecular weight is 433 g/mol. The molecule has 0 radical (unpaired) electrons. The van der Waals surface area contributed by atoms with E-state index in [0.717, 1.165) is 23.8 Å². The van der Waals surface area contributed by atoms with Crippen LogP contribution in [0.5, 0.6) is 0 Å². The summed E-state index contributed by atoms with van der Waals surface area (Å²) in [6.45, 7) is 1.93. The Balaban J connectivity index is 1.67. The van der Waals surface area contributed by atoms with Crippen molar-refractivity contribution < 1.29 is 32.3 Å². The smallest absolute Gasteiger partial charge is 0.416 e. The van der Waals surface area contributed by atoms with Gasteiger partial charge in [-0.2, -0.15) is 13.2 Å². The van der Waals surface area contributed by atoms with Crippen LogP contribution in [0, 0.1) is 6.92 Å². The molecule has 0 spiro atoms. The Bertz CT molecular complexity index is 1080. The molecular weight excluding hydrogens is 415 g/mol. The predicted octanol–water partition coefficient (Wildman–Crippen LogP) is 3.94. The molecule has 1 amide bonds. The zero-order valence-corrected chi connectivity index (χ0v) is 16.3. The van der Waals surface area contributed by atoms with E-state index in [0.29, 0.717) is 5.56 Å². The maximum absolute atomic E-state index is 13.2. The second-order valence-corrected chi connectivity index (χ2v) is 6.79. The van der Waals surface area contributed by atoms with Crippen LogP contribution in [0.25, 0.3) is 11.5 Å².